The number of halogens is 2. The lowest BCUT2D eigenvalue weighted by atomic mass is 10.2. The topological polar surface area (TPSA) is 124 Å². The van der Waals surface area contributed by atoms with Gasteiger partial charge >= 0.3 is 18.0 Å². The summed E-state index contributed by atoms with van der Waals surface area (Å²) >= 11 is 6.22. The van der Waals surface area contributed by atoms with Gasteiger partial charge in [-0.25, -0.2) is 18.8 Å². The lowest BCUT2D eigenvalue weighted by molar-refractivity contribution is -0.159. The minimum atomic E-state index is -1.82. The molecule has 1 fully saturated rings. The first-order valence-corrected chi connectivity index (χ1v) is 11.8. The zero-order chi connectivity index (χ0) is 27.1. The van der Waals surface area contributed by atoms with Crippen LogP contribution in [0.15, 0.2) is 48.7 Å². The van der Waals surface area contributed by atoms with E-state index in [0.29, 0.717) is 24.7 Å². The molecule has 0 bridgehead atoms. The Hall–Kier alpha value is -3.83. The number of carbonyl (C=O) groups excluding carboxylic acids is 1. The average molecular weight is 535 g/mol. The number of carboxylic acids is 2. The van der Waals surface area contributed by atoms with Gasteiger partial charge in [-0.2, -0.15) is 0 Å². The number of nitrogens with one attached hydrogen (secondary N) is 1. The highest BCUT2D eigenvalue weighted by Gasteiger charge is 2.25. The van der Waals surface area contributed by atoms with Gasteiger partial charge in [0.05, 0.1) is 11.7 Å². The number of likely N-dealkylation sites (N-methyl/N-ethyl adjacent to an activating group) is 1. The van der Waals surface area contributed by atoms with Crippen molar-refractivity contribution in [3.05, 3.63) is 59.5 Å². The van der Waals surface area contributed by atoms with Crippen molar-refractivity contribution >= 4 is 40.5 Å². The molecule has 3 N–H and O–H groups in total. The standard InChI is InChI=1S/C23H26ClFN4O2.C2H2O4/c1-16(28-10-9-26-23(28)30)14-27(2)11-12-31-22-15-29(19-6-4-18(25)5-7-19)21-8-3-17(24)13-20(21)22;3-1(4)2(5)6/h3-8,13,15-16H,9-12,14H2,1-2H3,(H,26,30);(H,3,4)(H,5,6)/t16-;/m0./s1. The van der Waals surface area contributed by atoms with Crippen LogP contribution < -0.4 is 10.1 Å². The number of rotatable bonds is 8. The van der Waals surface area contributed by atoms with Crippen LogP contribution in [0.1, 0.15) is 6.92 Å². The molecule has 2 amide bonds. The second-order valence-electron chi connectivity index (χ2n) is 8.50. The maximum absolute atomic E-state index is 13.3. The predicted octanol–water partition coefficient (Wildman–Crippen LogP) is 3.30. The third kappa shape index (κ3) is 7.34. The largest absolute Gasteiger partial charge is 0.490 e. The molecule has 4 rings (SSSR count). The summed E-state index contributed by atoms with van der Waals surface area (Å²) in [5.74, 6) is -3.20. The van der Waals surface area contributed by atoms with Gasteiger partial charge in [0.2, 0.25) is 0 Å². The van der Waals surface area contributed by atoms with Crippen LogP contribution in [0, 0.1) is 5.82 Å². The number of benzene rings is 2. The first-order chi connectivity index (χ1) is 17.6. The van der Waals surface area contributed by atoms with Crippen LogP contribution in [-0.4, -0.2) is 88.4 Å². The number of ether oxygens (including phenoxy) is 1. The monoisotopic (exact) mass is 534 g/mol. The van der Waals surface area contributed by atoms with E-state index in [2.05, 4.69) is 17.1 Å². The van der Waals surface area contributed by atoms with E-state index in [1.807, 2.05) is 40.9 Å². The van der Waals surface area contributed by atoms with Crippen molar-refractivity contribution in [3.8, 4) is 11.4 Å². The normalized spacial score (nSPS) is 13.8. The summed E-state index contributed by atoms with van der Waals surface area (Å²) in [6.07, 6.45) is 1.91. The lowest BCUT2D eigenvalue weighted by Crippen LogP contribution is -2.43. The van der Waals surface area contributed by atoms with E-state index in [-0.39, 0.29) is 17.9 Å². The Balaban J connectivity index is 0.000000568. The van der Waals surface area contributed by atoms with Gasteiger partial charge in [-0.3, -0.25) is 0 Å². The summed E-state index contributed by atoms with van der Waals surface area (Å²) in [5, 5.41) is 19.2. The molecule has 2 heterocycles. The molecule has 0 aliphatic carbocycles. The number of urea groups is 1. The van der Waals surface area contributed by atoms with Crippen LogP contribution >= 0.6 is 11.6 Å². The molecule has 10 nitrogen and oxygen atoms in total. The highest BCUT2D eigenvalue weighted by atomic mass is 35.5. The quantitative estimate of drug-likeness (QED) is 0.379. The number of hydrogen-bond acceptors (Lipinski definition) is 5. The van der Waals surface area contributed by atoms with Gasteiger partial charge in [-0.15, -0.1) is 0 Å². The van der Waals surface area contributed by atoms with Gasteiger partial charge in [0.15, 0.2) is 0 Å². The van der Waals surface area contributed by atoms with E-state index in [9.17, 15) is 9.18 Å². The summed E-state index contributed by atoms with van der Waals surface area (Å²) in [6, 6.07) is 12.1. The van der Waals surface area contributed by atoms with Crippen molar-refractivity contribution < 1.29 is 33.7 Å². The molecule has 0 unspecified atom stereocenters. The van der Waals surface area contributed by atoms with Crippen molar-refractivity contribution in [2.45, 2.75) is 13.0 Å². The molecule has 1 aliphatic heterocycles. The molecule has 1 aromatic heterocycles. The Morgan fingerprint density at radius 2 is 1.86 bits per heavy atom. The number of carbonyl (C=O) groups is 3. The highest BCUT2D eigenvalue weighted by molar-refractivity contribution is 6.31. The van der Waals surface area contributed by atoms with Gasteiger partial charge in [-0.1, -0.05) is 11.6 Å². The van der Waals surface area contributed by atoms with Crippen LogP contribution in [-0.2, 0) is 9.59 Å². The molecule has 198 valence electrons. The Morgan fingerprint density at radius 1 is 1.19 bits per heavy atom. The average Bonchev–Trinajstić information content (AvgIpc) is 3.43. The number of hydrogen-bond donors (Lipinski definition) is 3. The first kappa shape index (κ1) is 27.8. The van der Waals surface area contributed by atoms with Crippen molar-refractivity contribution in [1.29, 1.82) is 0 Å². The molecule has 1 saturated heterocycles. The lowest BCUT2D eigenvalue weighted by Gasteiger charge is -2.27. The van der Waals surface area contributed by atoms with Crippen LogP contribution in [0.25, 0.3) is 16.6 Å². The minimum Gasteiger partial charge on any atom is -0.490 e. The van der Waals surface area contributed by atoms with E-state index in [1.165, 1.54) is 12.1 Å². The Labute approximate surface area is 217 Å². The molecule has 0 saturated carbocycles. The van der Waals surface area contributed by atoms with E-state index >= 15 is 0 Å². The van der Waals surface area contributed by atoms with Crippen LogP contribution in [0.5, 0.6) is 5.75 Å². The Bertz CT molecular complexity index is 1250. The summed E-state index contributed by atoms with van der Waals surface area (Å²) in [5.41, 5.74) is 1.78. The fourth-order valence-electron chi connectivity index (χ4n) is 3.96. The van der Waals surface area contributed by atoms with Gasteiger partial charge in [0, 0.05) is 48.3 Å². The molecular formula is C25H28ClFN4O6. The summed E-state index contributed by atoms with van der Waals surface area (Å²) in [6.45, 7) is 5.47. The van der Waals surface area contributed by atoms with Crippen LogP contribution in [0.3, 0.4) is 0 Å². The van der Waals surface area contributed by atoms with Gasteiger partial charge in [0.25, 0.3) is 0 Å². The fourth-order valence-corrected chi connectivity index (χ4v) is 4.13. The smallest absolute Gasteiger partial charge is 0.414 e. The van der Waals surface area contributed by atoms with E-state index in [0.717, 1.165) is 35.4 Å². The molecule has 3 aromatic rings. The van der Waals surface area contributed by atoms with Crippen molar-refractivity contribution in [1.82, 2.24) is 19.7 Å². The second-order valence-corrected chi connectivity index (χ2v) is 8.93. The predicted molar refractivity (Wildman–Crippen MR) is 136 cm³/mol. The summed E-state index contributed by atoms with van der Waals surface area (Å²) < 4.78 is 21.4. The van der Waals surface area contributed by atoms with Crippen LogP contribution in [0.4, 0.5) is 9.18 Å². The third-order valence-corrected chi connectivity index (χ3v) is 5.98. The zero-order valence-electron chi connectivity index (χ0n) is 20.4. The molecule has 0 spiro atoms. The van der Waals surface area contributed by atoms with Gasteiger partial charge < -0.3 is 34.6 Å². The van der Waals surface area contributed by atoms with E-state index in [4.69, 9.17) is 36.1 Å². The summed E-state index contributed by atoms with van der Waals surface area (Å²) in [4.78, 5) is 34.0. The van der Waals surface area contributed by atoms with Gasteiger partial charge in [-0.05, 0) is 56.4 Å². The number of fused-ring (bicyclic) bond motifs is 1. The number of aliphatic carboxylic acids is 2. The SMILES string of the molecule is C[C@@H](CN(C)CCOc1cn(-c2ccc(F)cc2)c2ccc(Cl)cc12)N1CCNC1=O.O=C(O)C(=O)O. The van der Waals surface area contributed by atoms with Crippen molar-refractivity contribution in [3.63, 3.8) is 0 Å². The molecule has 0 radical (unpaired) electrons. The molecule has 1 atom stereocenters. The second kappa shape index (κ2) is 12.4. The maximum atomic E-state index is 13.3. The minimum absolute atomic E-state index is 0.00244. The maximum Gasteiger partial charge on any atom is 0.414 e. The number of amides is 2. The van der Waals surface area contributed by atoms with Crippen molar-refractivity contribution in [2.24, 2.45) is 0 Å². The molecule has 2 aromatic carbocycles. The summed E-state index contributed by atoms with van der Waals surface area (Å²) in [7, 11) is 2.02. The number of carboxylic acid groups (broad SMARTS) is 2. The van der Waals surface area contributed by atoms with Gasteiger partial charge in [0.1, 0.15) is 18.2 Å². The number of nitrogens with zero attached hydrogens (tertiary/aromatic N) is 3. The molecule has 12 heteroatoms. The Kier molecular flexibility index (Phi) is 9.31. The highest BCUT2D eigenvalue weighted by Crippen LogP contribution is 2.32. The number of aromatic nitrogens is 1. The first-order valence-electron chi connectivity index (χ1n) is 11.5. The third-order valence-electron chi connectivity index (χ3n) is 5.75. The Morgan fingerprint density at radius 3 is 2.46 bits per heavy atom. The van der Waals surface area contributed by atoms with Crippen molar-refractivity contribution in [2.75, 3.05) is 39.8 Å². The zero-order valence-corrected chi connectivity index (χ0v) is 21.1. The molecule has 1 aliphatic rings. The van der Waals surface area contributed by atoms with Crippen LogP contribution in [0.2, 0.25) is 5.02 Å². The molecular weight excluding hydrogens is 507 g/mol. The fraction of sp³-hybridized carbons (Fsp3) is 0.320. The molecule has 37 heavy (non-hydrogen) atoms. The van der Waals surface area contributed by atoms with E-state index < -0.39 is 11.9 Å². The van der Waals surface area contributed by atoms with E-state index in [1.54, 1.807) is 12.1 Å².